The molecule has 0 unspecified atom stereocenters. The molecular weight excluding hydrogens is 296 g/mol. The average molecular weight is 329 g/mol. The van der Waals surface area contributed by atoms with Crippen molar-refractivity contribution in [1.82, 2.24) is 0 Å². The molecule has 1 aromatic carbocycles. The molecular formula is C22H32S. The molecule has 0 saturated carbocycles. The number of benzene rings is 1. The molecule has 0 nitrogen and oxygen atoms in total. The van der Waals surface area contributed by atoms with Gasteiger partial charge in [-0.3, -0.25) is 0 Å². The molecule has 0 atom stereocenters. The SMILES string of the molecule is CCCCCCCCCCCCc1ccc(-c2ccsc2)cc1. The van der Waals surface area contributed by atoms with E-state index in [1.165, 1.54) is 87.3 Å². The standard InChI is InChI=1S/C22H32S/c1-2-3-4-5-6-7-8-9-10-11-12-20-13-15-21(16-14-20)22-17-18-23-19-22/h13-19H,2-12H2,1H3. The van der Waals surface area contributed by atoms with Crippen LogP contribution in [0, 0.1) is 0 Å². The monoisotopic (exact) mass is 328 g/mol. The molecule has 0 aliphatic rings. The molecule has 1 heterocycles. The normalized spacial score (nSPS) is 11.0. The maximum absolute atomic E-state index is 2.31. The van der Waals surface area contributed by atoms with Crippen molar-refractivity contribution < 1.29 is 0 Å². The first kappa shape index (κ1) is 18.3. The Kier molecular flexibility index (Phi) is 9.09. The van der Waals surface area contributed by atoms with Crippen molar-refractivity contribution in [3.8, 4) is 11.1 Å². The Morgan fingerprint density at radius 1 is 0.652 bits per heavy atom. The van der Waals surface area contributed by atoms with Crippen molar-refractivity contribution in [3.63, 3.8) is 0 Å². The first-order valence-electron chi connectivity index (χ1n) is 9.51. The maximum atomic E-state index is 2.31. The summed E-state index contributed by atoms with van der Waals surface area (Å²) in [5.74, 6) is 0. The van der Waals surface area contributed by atoms with Gasteiger partial charge in [-0.05, 0) is 46.4 Å². The predicted octanol–water partition coefficient (Wildman–Crippen LogP) is 7.88. The number of hydrogen-bond acceptors (Lipinski definition) is 1. The molecule has 0 amide bonds. The highest BCUT2D eigenvalue weighted by molar-refractivity contribution is 7.08. The van der Waals surface area contributed by atoms with Crippen LogP contribution in [0.25, 0.3) is 11.1 Å². The van der Waals surface area contributed by atoms with Crippen molar-refractivity contribution in [2.75, 3.05) is 0 Å². The van der Waals surface area contributed by atoms with Crippen molar-refractivity contribution in [2.45, 2.75) is 77.6 Å². The lowest BCUT2D eigenvalue weighted by Gasteiger charge is -2.04. The third kappa shape index (κ3) is 7.35. The third-order valence-electron chi connectivity index (χ3n) is 4.63. The van der Waals surface area contributed by atoms with E-state index in [0.717, 1.165) is 0 Å². The molecule has 0 spiro atoms. The number of hydrogen-bond donors (Lipinski definition) is 0. The van der Waals surface area contributed by atoms with Gasteiger partial charge in [0, 0.05) is 0 Å². The molecule has 0 aliphatic heterocycles. The summed E-state index contributed by atoms with van der Waals surface area (Å²) in [6, 6.07) is 11.4. The van der Waals surface area contributed by atoms with Gasteiger partial charge in [0.15, 0.2) is 0 Å². The van der Waals surface area contributed by atoms with Crippen LogP contribution in [0.1, 0.15) is 76.7 Å². The van der Waals surface area contributed by atoms with E-state index in [1.807, 2.05) is 0 Å². The first-order chi connectivity index (χ1) is 11.4. The molecule has 0 aliphatic carbocycles. The van der Waals surface area contributed by atoms with E-state index in [9.17, 15) is 0 Å². The van der Waals surface area contributed by atoms with Crippen LogP contribution < -0.4 is 0 Å². The average Bonchev–Trinajstić information content (AvgIpc) is 3.12. The smallest absolute Gasteiger partial charge is 0.00147 e. The van der Waals surface area contributed by atoms with Crippen LogP contribution in [0.2, 0.25) is 0 Å². The zero-order valence-electron chi connectivity index (χ0n) is 14.7. The van der Waals surface area contributed by atoms with Crippen LogP contribution in [0.5, 0.6) is 0 Å². The molecule has 126 valence electrons. The van der Waals surface area contributed by atoms with Crippen molar-refractivity contribution in [1.29, 1.82) is 0 Å². The molecule has 0 fully saturated rings. The van der Waals surface area contributed by atoms with Gasteiger partial charge in [0.2, 0.25) is 0 Å². The minimum absolute atomic E-state index is 1.24. The highest BCUT2D eigenvalue weighted by Crippen LogP contribution is 2.22. The second-order valence-corrected chi connectivity index (χ2v) is 7.42. The van der Waals surface area contributed by atoms with E-state index in [-0.39, 0.29) is 0 Å². The summed E-state index contributed by atoms with van der Waals surface area (Å²) in [6.45, 7) is 2.29. The molecule has 1 aromatic heterocycles. The van der Waals surface area contributed by atoms with Gasteiger partial charge in [-0.15, -0.1) is 0 Å². The van der Waals surface area contributed by atoms with Crippen molar-refractivity contribution in [3.05, 3.63) is 46.7 Å². The van der Waals surface area contributed by atoms with Gasteiger partial charge in [0.1, 0.15) is 0 Å². The van der Waals surface area contributed by atoms with Crippen LogP contribution in [0.4, 0.5) is 0 Å². The topological polar surface area (TPSA) is 0 Å². The zero-order valence-corrected chi connectivity index (χ0v) is 15.5. The van der Waals surface area contributed by atoms with Crippen LogP contribution in [0.3, 0.4) is 0 Å². The van der Waals surface area contributed by atoms with E-state index < -0.39 is 0 Å². The highest BCUT2D eigenvalue weighted by Gasteiger charge is 1.99. The third-order valence-corrected chi connectivity index (χ3v) is 5.31. The van der Waals surface area contributed by atoms with E-state index in [0.29, 0.717) is 0 Å². The Morgan fingerprint density at radius 3 is 1.83 bits per heavy atom. The second kappa shape index (κ2) is 11.5. The fraction of sp³-hybridized carbons (Fsp3) is 0.545. The molecule has 0 saturated heterocycles. The van der Waals surface area contributed by atoms with E-state index in [1.54, 1.807) is 11.3 Å². The molecule has 0 N–H and O–H groups in total. The predicted molar refractivity (Wildman–Crippen MR) is 105 cm³/mol. The number of rotatable bonds is 12. The lowest BCUT2D eigenvalue weighted by atomic mass is 10.0. The minimum atomic E-state index is 1.24. The van der Waals surface area contributed by atoms with Gasteiger partial charge in [-0.1, -0.05) is 89.0 Å². The van der Waals surface area contributed by atoms with Crippen LogP contribution in [-0.4, -0.2) is 0 Å². The summed E-state index contributed by atoms with van der Waals surface area (Å²) >= 11 is 1.77. The number of unbranched alkanes of at least 4 members (excludes halogenated alkanes) is 9. The zero-order chi connectivity index (χ0) is 16.2. The van der Waals surface area contributed by atoms with Crippen LogP contribution in [-0.2, 0) is 6.42 Å². The number of aryl methyl sites for hydroxylation is 1. The van der Waals surface area contributed by atoms with Gasteiger partial charge in [0.25, 0.3) is 0 Å². The quantitative estimate of drug-likeness (QED) is 0.348. The fourth-order valence-corrected chi connectivity index (χ4v) is 3.77. The second-order valence-electron chi connectivity index (χ2n) is 6.64. The summed E-state index contributed by atoms with van der Waals surface area (Å²) in [7, 11) is 0. The van der Waals surface area contributed by atoms with Gasteiger partial charge in [-0.25, -0.2) is 0 Å². The Labute approximate surface area is 147 Å². The summed E-state index contributed by atoms with van der Waals surface area (Å²) in [4.78, 5) is 0. The summed E-state index contributed by atoms with van der Waals surface area (Å²) in [5.41, 5.74) is 4.18. The molecule has 2 aromatic rings. The van der Waals surface area contributed by atoms with Gasteiger partial charge in [-0.2, -0.15) is 11.3 Å². The molecule has 0 radical (unpaired) electrons. The largest absolute Gasteiger partial charge is 0.152 e. The van der Waals surface area contributed by atoms with Gasteiger partial charge >= 0.3 is 0 Å². The lowest BCUT2D eigenvalue weighted by Crippen LogP contribution is -1.87. The van der Waals surface area contributed by atoms with E-state index >= 15 is 0 Å². The first-order valence-corrected chi connectivity index (χ1v) is 10.5. The lowest BCUT2D eigenvalue weighted by molar-refractivity contribution is 0.556. The highest BCUT2D eigenvalue weighted by atomic mass is 32.1. The fourth-order valence-electron chi connectivity index (χ4n) is 3.11. The number of thiophene rings is 1. The van der Waals surface area contributed by atoms with E-state index in [2.05, 4.69) is 48.0 Å². The Hall–Kier alpha value is -1.08. The van der Waals surface area contributed by atoms with E-state index in [4.69, 9.17) is 0 Å². The van der Waals surface area contributed by atoms with Crippen molar-refractivity contribution >= 4 is 11.3 Å². The molecule has 2 rings (SSSR count). The summed E-state index contributed by atoms with van der Waals surface area (Å²) in [6.07, 6.45) is 15.4. The van der Waals surface area contributed by atoms with Crippen molar-refractivity contribution in [2.24, 2.45) is 0 Å². The molecule has 1 heteroatoms. The Balaban J connectivity index is 1.51. The van der Waals surface area contributed by atoms with Crippen LogP contribution >= 0.6 is 11.3 Å². The molecule has 0 bridgehead atoms. The minimum Gasteiger partial charge on any atom is -0.152 e. The maximum Gasteiger partial charge on any atom is -0.00147 e. The molecule has 23 heavy (non-hydrogen) atoms. The summed E-state index contributed by atoms with van der Waals surface area (Å²) in [5, 5.41) is 4.37. The summed E-state index contributed by atoms with van der Waals surface area (Å²) < 4.78 is 0. The Morgan fingerprint density at radius 2 is 1.26 bits per heavy atom. The van der Waals surface area contributed by atoms with Gasteiger partial charge in [0.05, 0.1) is 0 Å². The Bertz CT molecular complexity index is 495. The van der Waals surface area contributed by atoms with Crippen LogP contribution in [0.15, 0.2) is 41.1 Å². The van der Waals surface area contributed by atoms with Gasteiger partial charge < -0.3 is 0 Å².